The summed E-state index contributed by atoms with van der Waals surface area (Å²) in [7, 11) is 0. The first-order valence-corrected chi connectivity index (χ1v) is 6.70. The number of ether oxygens (including phenoxy) is 1. The molecule has 0 amide bonds. The lowest BCUT2D eigenvalue weighted by atomic mass is 9.80. The highest BCUT2D eigenvalue weighted by molar-refractivity contribution is 5.60. The molecular formula is C14H16N2O6. The number of carboxylic acid groups (broad SMARTS) is 1. The van der Waals surface area contributed by atoms with Gasteiger partial charge in [-0.15, -0.1) is 0 Å². The van der Waals surface area contributed by atoms with Crippen molar-refractivity contribution < 1.29 is 24.0 Å². The van der Waals surface area contributed by atoms with Crippen LogP contribution in [0.15, 0.2) is 40.4 Å². The van der Waals surface area contributed by atoms with Crippen LogP contribution < -0.4 is 0 Å². The lowest BCUT2D eigenvalue weighted by Crippen LogP contribution is -2.41. The van der Waals surface area contributed by atoms with Crippen molar-refractivity contribution in [1.29, 1.82) is 0 Å². The first kappa shape index (κ1) is 15.7. The zero-order valence-corrected chi connectivity index (χ0v) is 12.2. The molecule has 118 valence electrons. The fourth-order valence-corrected chi connectivity index (χ4v) is 2.41. The molecule has 0 bridgehead atoms. The molecule has 1 aromatic heterocycles. The smallest absolute Gasteiger partial charge is 0.449 e. The van der Waals surface area contributed by atoms with Gasteiger partial charge < -0.3 is 14.3 Å². The molecule has 0 saturated carbocycles. The average Bonchev–Trinajstić information content (AvgIpc) is 2.92. The molecule has 1 unspecified atom stereocenters. The van der Waals surface area contributed by atoms with Gasteiger partial charge in [0.05, 0.1) is 12.6 Å². The minimum Gasteiger partial charge on any atom is -0.449 e. The molecule has 2 rings (SSSR count). The Hall–Kier alpha value is -2.64. The maximum absolute atomic E-state index is 11.6. The van der Waals surface area contributed by atoms with Crippen molar-refractivity contribution in [2.45, 2.75) is 32.2 Å². The second-order valence-corrected chi connectivity index (χ2v) is 5.39. The van der Waals surface area contributed by atoms with Gasteiger partial charge in [-0.2, -0.15) is 0 Å². The summed E-state index contributed by atoms with van der Waals surface area (Å²) in [5.74, 6) is 0.308. The predicted molar refractivity (Wildman–Crippen MR) is 74.7 cm³/mol. The molecule has 1 aliphatic rings. The molecule has 0 aromatic carbocycles. The number of aromatic nitrogens is 1. The van der Waals surface area contributed by atoms with E-state index in [1.807, 2.05) is 13.8 Å². The predicted octanol–water partition coefficient (Wildman–Crippen LogP) is 2.80. The maximum atomic E-state index is 11.6. The first-order chi connectivity index (χ1) is 10.3. The van der Waals surface area contributed by atoms with Gasteiger partial charge in [0.2, 0.25) is 5.89 Å². The highest BCUT2D eigenvalue weighted by Gasteiger charge is 2.46. The van der Waals surface area contributed by atoms with E-state index in [-0.39, 0.29) is 30.4 Å². The lowest BCUT2D eigenvalue weighted by Gasteiger charge is -2.28. The van der Waals surface area contributed by atoms with Crippen molar-refractivity contribution in [3.8, 4) is 0 Å². The number of hydrogen-bond acceptors (Lipinski definition) is 6. The molecule has 1 aromatic rings. The third-order valence-corrected chi connectivity index (χ3v) is 3.56. The van der Waals surface area contributed by atoms with Crippen molar-refractivity contribution in [1.82, 2.24) is 4.98 Å². The van der Waals surface area contributed by atoms with Gasteiger partial charge >= 0.3 is 6.16 Å². The Labute approximate surface area is 126 Å². The van der Waals surface area contributed by atoms with E-state index in [0.29, 0.717) is 5.57 Å². The molecule has 0 aliphatic heterocycles. The number of oxazole rings is 1. The van der Waals surface area contributed by atoms with Gasteiger partial charge in [0.1, 0.15) is 12.0 Å². The molecular weight excluding hydrogens is 292 g/mol. The summed E-state index contributed by atoms with van der Waals surface area (Å²) in [4.78, 5) is 25.9. The zero-order valence-electron chi connectivity index (χ0n) is 12.2. The summed E-state index contributed by atoms with van der Waals surface area (Å²) in [6.45, 7) is 3.66. The quantitative estimate of drug-likeness (QED) is 0.505. The number of allylic oxidation sites excluding steroid dienone is 1. The zero-order chi connectivity index (χ0) is 16.3. The maximum Gasteiger partial charge on any atom is 0.511 e. The van der Waals surface area contributed by atoms with Gasteiger partial charge in [0, 0.05) is 11.3 Å². The molecule has 0 saturated heterocycles. The van der Waals surface area contributed by atoms with E-state index in [2.05, 4.69) is 4.98 Å². The molecule has 1 heterocycles. The third-order valence-electron chi connectivity index (χ3n) is 3.56. The van der Waals surface area contributed by atoms with Crippen LogP contribution in [0.5, 0.6) is 0 Å². The van der Waals surface area contributed by atoms with Gasteiger partial charge in [0.15, 0.2) is 0 Å². The Morgan fingerprint density at radius 3 is 2.86 bits per heavy atom. The van der Waals surface area contributed by atoms with Crippen LogP contribution in [0.1, 0.15) is 26.2 Å². The number of nitrogens with zero attached hydrogens (tertiary/aromatic N) is 2. The fourth-order valence-electron chi connectivity index (χ4n) is 2.41. The van der Waals surface area contributed by atoms with Gasteiger partial charge in [-0.3, -0.25) is 10.1 Å². The molecule has 22 heavy (non-hydrogen) atoms. The summed E-state index contributed by atoms with van der Waals surface area (Å²) in [6, 6.07) is 0. The fraction of sp³-hybridized carbons (Fsp3) is 0.429. The summed E-state index contributed by atoms with van der Waals surface area (Å²) >= 11 is 0. The van der Waals surface area contributed by atoms with Crippen molar-refractivity contribution in [2.75, 3.05) is 0 Å². The Bertz CT molecular complexity index is 632. The standard InChI is InChI=1S/C14H16N2O6/c1-9(2)10-7-14(16(19)20,8-12-15-5-6-21-12)4-3-11(10)22-13(17)18/h3-6,9H,7-8H2,1-2H3,(H,17,18). The van der Waals surface area contributed by atoms with E-state index in [1.165, 1.54) is 24.6 Å². The summed E-state index contributed by atoms with van der Waals surface area (Å²) in [5, 5.41) is 20.4. The van der Waals surface area contributed by atoms with E-state index in [9.17, 15) is 14.9 Å². The Kier molecular flexibility index (Phi) is 4.30. The number of rotatable bonds is 5. The number of carbonyl (C=O) groups is 1. The van der Waals surface area contributed by atoms with Crippen molar-refractivity contribution in [2.24, 2.45) is 5.92 Å². The minimum atomic E-state index is -1.45. The molecule has 1 N–H and O–H groups in total. The topological polar surface area (TPSA) is 116 Å². The summed E-state index contributed by atoms with van der Waals surface area (Å²) in [5.41, 5.74) is -0.844. The number of nitro groups is 1. The van der Waals surface area contributed by atoms with Crippen LogP contribution in [0.3, 0.4) is 0 Å². The Morgan fingerprint density at radius 2 is 2.36 bits per heavy atom. The van der Waals surface area contributed by atoms with Gasteiger partial charge in [-0.1, -0.05) is 13.8 Å². The molecule has 8 nitrogen and oxygen atoms in total. The third kappa shape index (κ3) is 3.16. The van der Waals surface area contributed by atoms with Gasteiger partial charge in [-0.25, -0.2) is 9.78 Å². The van der Waals surface area contributed by atoms with Crippen molar-refractivity contribution in [3.05, 3.63) is 51.9 Å². The van der Waals surface area contributed by atoms with Crippen molar-refractivity contribution >= 4 is 6.16 Å². The monoisotopic (exact) mass is 308 g/mol. The second-order valence-electron chi connectivity index (χ2n) is 5.39. The molecule has 0 radical (unpaired) electrons. The summed E-state index contributed by atoms with van der Waals surface area (Å²) < 4.78 is 9.83. The minimum absolute atomic E-state index is 0.0138. The van der Waals surface area contributed by atoms with Crippen molar-refractivity contribution in [3.63, 3.8) is 0 Å². The average molecular weight is 308 g/mol. The largest absolute Gasteiger partial charge is 0.511 e. The van der Waals surface area contributed by atoms with Crippen LogP contribution in [-0.2, 0) is 11.2 Å². The van der Waals surface area contributed by atoms with E-state index in [4.69, 9.17) is 14.3 Å². The van der Waals surface area contributed by atoms with E-state index < -0.39 is 16.6 Å². The molecule has 0 fully saturated rings. The van der Waals surface area contributed by atoms with Crippen LogP contribution in [-0.4, -0.2) is 26.7 Å². The Morgan fingerprint density at radius 1 is 1.64 bits per heavy atom. The number of hydrogen-bond donors (Lipinski definition) is 1. The van der Waals surface area contributed by atoms with Crippen LogP contribution in [0.4, 0.5) is 4.79 Å². The van der Waals surface area contributed by atoms with Gasteiger partial charge in [0.25, 0.3) is 5.54 Å². The van der Waals surface area contributed by atoms with E-state index in [1.54, 1.807) is 0 Å². The van der Waals surface area contributed by atoms with Crippen LogP contribution in [0.2, 0.25) is 0 Å². The normalized spacial score (nSPS) is 21.2. The van der Waals surface area contributed by atoms with Gasteiger partial charge in [-0.05, 0) is 23.6 Å². The van der Waals surface area contributed by atoms with E-state index >= 15 is 0 Å². The summed E-state index contributed by atoms with van der Waals surface area (Å²) in [6.07, 6.45) is 4.06. The first-order valence-electron chi connectivity index (χ1n) is 6.70. The second kappa shape index (κ2) is 6.00. The Balaban J connectivity index is 2.36. The molecule has 0 spiro atoms. The van der Waals surface area contributed by atoms with E-state index in [0.717, 1.165) is 0 Å². The lowest BCUT2D eigenvalue weighted by molar-refractivity contribution is -0.555. The van der Waals surface area contributed by atoms with Crippen LogP contribution in [0.25, 0.3) is 0 Å². The SMILES string of the molecule is CC(C)C1=C(OC(=O)O)C=CC(Cc2ncco2)([N+](=O)[O-])C1. The molecule has 1 atom stereocenters. The highest BCUT2D eigenvalue weighted by Crippen LogP contribution is 2.36. The van der Waals surface area contributed by atoms with Crippen LogP contribution >= 0.6 is 0 Å². The molecule has 8 heteroatoms. The molecule has 1 aliphatic carbocycles. The highest BCUT2D eigenvalue weighted by atomic mass is 16.7. The van der Waals surface area contributed by atoms with Crippen LogP contribution in [0, 0.1) is 16.0 Å².